The number of hydrogen-bond acceptors (Lipinski definition) is 3. The van der Waals surface area contributed by atoms with Gasteiger partial charge in [0.25, 0.3) is 0 Å². The van der Waals surface area contributed by atoms with Crippen molar-refractivity contribution in [1.29, 1.82) is 0 Å². The Labute approximate surface area is 237 Å². The fourth-order valence-electron chi connectivity index (χ4n) is 5.90. The summed E-state index contributed by atoms with van der Waals surface area (Å²) in [6.45, 7) is 20.7. The predicted molar refractivity (Wildman–Crippen MR) is 172 cm³/mol. The Morgan fingerprint density at radius 3 is 2.08 bits per heavy atom. The molecule has 38 heavy (non-hydrogen) atoms. The Balaban J connectivity index is 1.58. The van der Waals surface area contributed by atoms with E-state index in [9.17, 15) is 0 Å². The van der Waals surface area contributed by atoms with Crippen LogP contribution in [0.4, 0.5) is 5.69 Å². The van der Waals surface area contributed by atoms with Gasteiger partial charge in [-0.25, -0.2) is 0 Å². The third-order valence-electron chi connectivity index (χ3n) is 9.51. The summed E-state index contributed by atoms with van der Waals surface area (Å²) < 4.78 is 15.1. The minimum absolute atomic E-state index is 0.257. The first kappa shape index (κ1) is 29.9. The molecule has 6 heteroatoms. The van der Waals surface area contributed by atoms with E-state index in [2.05, 4.69) is 100 Å². The fraction of sp³-hybridized carbons (Fsp3) is 0.656. The summed E-state index contributed by atoms with van der Waals surface area (Å²) >= 11 is -2.47. The van der Waals surface area contributed by atoms with Crippen LogP contribution < -0.4 is 8.48 Å². The average Bonchev–Trinajstić information content (AvgIpc) is 3.22. The van der Waals surface area contributed by atoms with E-state index >= 15 is 0 Å². The van der Waals surface area contributed by atoms with Crippen LogP contribution in [0.5, 0.6) is 0 Å². The molecule has 0 atom stereocenters. The van der Waals surface area contributed by atoms with Gasteiger partial charge in [-0.1, -0.05) is 20.8 Å². The van der Waals surface area contributed by atoms with E-state index < -0.39 is 26.7 Å². The molecule has 3 aromatic rings. The van der Waals surface area contributed by atoms with Gasteiger partial charge in [-0.2, -0.15) is 0 Å². The van der Waals surface area contributed by atoms with Gasteiger partial charge in [0, 0.05) is 0 Å². The average molecular weight is 643 g/mol. The van der Waals surface area contributed by atoms with Crippen molar-refractivity contribution in [3.63, 3.8) is 0 Å². The first-order chi connectivity index (χ1) is 18.0. The van der Waals surface area contributed by atoms with Gasteiger partial charge in [0.1, 0.15) is 0 Å². The number of rotatable bonds is 13. The van der Waals surface area contributed by atoms with Crippen molar-refractivity contribution in [1.82, 2.24) is 9.38 Å². The van der Waals surface area contributed by atoms with E-state index in [1.807, 2.05) is 0 Å². The predicted octanol–water partition coefficient (Wildman–Crippen LogP) is 8.75. The Kier molecular flexibility index (Phi) is 9.62. The normalized spacial score (nSPS) is 15.5. The number of nitrogens with zero attached hydrogens (tertiary/aromatic N) is 3. The second kappa shape index (κ2) is 12.2. The maximum atomic E-state index is 6.64. The zero-order valence-electron chi connectivity index (χ0n) is 25.6. The van der Waals surface area contributed by atoms with Gasteiger partial charge in [0.15, 0.2) is 0 Å². The van der Waals surface area contributed by atoms with Crippen LogP contribution in [-0.4, -0.2) is 55.3 Å². The second-order valence-electron chi connectivity index (χ2n) is 13.4. The Morgan fingerprint density at radius 1 is 0.921 bits per heavy atom. The van der Waals surface area contributed by atoms with Crippen molar-refractivity contribution in [3.05, 3.63) is 36.5 Å². The van der Waals surface area contributed by atoms with Crippen molar-refractivity contribution in [2.45, 2.75) is 118 Å². The molecular weight excluding hydrogens is 589 g/mol. The van der Waals surface area contributed by atoms with Crippen LogP contribution in [0.15, 0.2) is 36.5 Å². The Hall–Kier alpha value is -1.05. The molecule has 3 heterocycles. The number of hydrogen-bond donors (Lipinski definition) is 0. The van der Waals surface area contributed by atoms with Crippen LogP contribution in [0, 0.1) is 0 Å². The first-order valence-electron chi connectivity index (χ1n) is 15.4. The van der Waals surface area contributed by atoms with Crippen molar-refractivity contribution in [2.75, 3.05) is 18.0 Å². The third-order valence-corrected chi connectivity index (χ3v) is 29.6. The summed E-state index contributed by atoms with van der Waals surface area (Å²) in [6.07, 6.45) is 10.7. The summed E-state index contributed by atoms with van der Waals surface area (Å²) in [6, 6.07) is 12.0. The van der Waals surface area contributed by atoms with Gasteiger partial charge in [0.2, 0.25) is 0 Å². The monoisotopic (exact) mass is 643 g/mol. The molecule has 0 radical (unpaired) electrons. The van der Waals surface area contributed by atoms with Crippen molar-refractivity contribution >= 4 is 52.6 Å². The number of unbranched alkanes of at least 4 members (excludes halogenated alkanes) is 3. The molecule has 0 amide bonds. The number of imidazole rings is 1. The molecule has 0 bridgehead atoms. The molecule has 4 nitrogen and oxygen atoms in total. The minimum atomic E-state index is -2.47. The van der Waals surface area contributed by atoms with E-state index in [1.165, 1.54) is 68.6 Å². The molecule has 0 aliphatic carbocycles. The van der Waals surface area contributed by atoms with Crippen molar-refractivity contribution < 1.29 is 4.43 Å². The van der Waals surface area contributed by atoms with Gasteiger partial charge in [-0.05, 0) is 18.1 Å². The molecule has 1 aliphatic rings. The number of pyridine rings is 1. The summed E-state index contributed by atoms with van der Waals surface area (Å²) in [4.78, 5) is 7.64. The number of aromatic nitrogens is 2. The quantitative estimate of drug-likeness (QED) is 0.175. The number of benzene rings is 1. The van der Waals surface area contributed by atoms with Gasteiger partial charge in [-0.15, -0.1) is 0 Å². The van der Waals surface area contributed by atoms with Gasteiger partial charge in [0.05, 0.1) is 0 Å². The SMILES string of the molecule is CCC[CH2][Sn]([CH2]CCC)([CH2]CCC)[c]1ccc2c(c1)nc1cc(N3CC(O[Si](C)(C)C(C)(C)C)C3)ccn12. The van der Waals surface area contributed by atoms with E-state index in [0.29, 0.717) is 6.10 Å². The van der Waals surface area contributed by atoms with Gasteiger partial charge < -0.3 is 0 Å². The van der Waals surface area contributed by atoms with Crippen LogP contribution in [-0.2, 0) is 4.43 Å². The van der Waals surface area contributed by atoms with Gasteiger partial charge >= 0.3 is 200 Å². The van der Waals surface area contributed by atoms with E-state index in [0.717, 1.165) is 18.7 Å². The Bertz CT molecular complexity index is 1190. The number of fused-ring (bicyclic) bond motifs is 3. The molecule has 210 valence electrons. The van der Waals surface area contributed by atoms with E-state index in [1.54, 1.807) is 3.58 Å². The van der Waals surface area contributed by atoms with Crippen LogP contribution in [0.25, 0.3) is 16.7 Å². The molecule has 0 unspecified atom stereocenters. The zero-order valence-corrected chi connectivity index (χ0v) is 29.4. The van der Waals surface area contributed by atoms with Crippen LogP contribution in [0.3, 0.4) is 0 Å². The fourth-order valence-corrected chi connectivity index (χ4v) is 23.2. The standard InChI is InChI=1S/C20H26N3OSi.3C4H9.Sn/c1-20(2,3)25(4,5)24-16-13-22(14-16)15-10-11-23-18-9-7-6-8-17(18)21-19(23)12-15;3*1-3-4-2;/h7-12,16H,13-14H2,1-5H3;3*1,3-4H2,2H3;. The zero-order chi connectivity index (χ0) is 27.6. The van der Waals surface area contributed by atoms with Crippen LogP contribution in [0.1, 0.15) is 80.1 Å². The summed E-state index contributed by atoms with van der Waals surface area (Å²) in [5, 5.41) is 0.257. The molecule has 1 saturated heterocycles. The molecule has 0 spiro atoms. The Morgan fingerprint density at radius 2 is 1.53 bits per heavy atom. The van der Waals surface area contributed by atoms with Crippen LogP contribution in [0.2, 0.25) is 31.4 Å². The second-order valence-corrected chi connectivity index (χ2v) is 31.4. The third kappa shape index (κ3) is 6.30. The molecule has 2 aromatic heterocycles. The maximum absolute atomic E-state index is 6.64. The topological polar surface area (TPSA) is 29.8 Å². The molecule has 1 aromatic carbocycles. The molecule has 4 rings (SSSR count). The summed E-state index contributed by atoms with van der Waals surface area (Å²) in [7, 11) is -1.72. The van der Waals surface area contributed by atoms with E-state index in [4.69, 9.17) is 9.41 Å². The number of anilines is 1. The molecule has 0 N–H and O–H groups in total. The molecular formula is C32H53N3OSiSn. The van der Waals surface area contributed by atoms with E-state index in [-0.39, 0.29) is 5.04 Å². The molecule has 0 saturated carbocycles. The summed E-state index contributed by atoms with van der Waals surface area (Å²) in [5.74, 6) is 0. The molecule has 1 fully saturated rings. The van der Waals surface area contributed by atoms with Crippen LogP contribution >= 0.6 is 0 Å². The summed E-state index contributed by atoms with van der Waals surface area (Å²) in [5.41, 5.74) is 4.78. The van der Waals surface area contributed by atoms with Crippen molar-refractivity contribution in [2.24, 2.45) is 0 Å². The van der Waals surface area contributed by atoms with Gasteiger partial charge in [-0.3, -0.25) is 0 Å². The molecule has 1 aliphatic heterocycles. The first-order valence-corrected chi connectivity index (χ1v) is 25.8. The van der Waals surface area contributed by atoms with Crippen molar-refractivity contribution in [3.8, 4) is 0 Å².